The normalized spacial score (nSPS) is 11.6. The molecular formula is C26H54NO-. The van der Waals surface area contributed by atoms with Gasteiger partial charge in [0.05, 0.1) is 0 Å². The van der Waals surface area contributed by atoms with Crippen molar-refractivity contribution in [3.63, 3.8) is 0 Å². The van der Waals surface area contributed by atoms with Gasteiger partial charge in [0.1, 0.15) is 0 Å². The van der Waals surface area contributed by atoms with E-state index in [1.165, 1.54) is 133 Å². The minimum Gasteiger partial charge on any atom is -0.785 e. The van der Waals surface area contributed by atoms with E-state index in [0.717, 1.165) is 25.9 Å². The third kappa shape index (κ3) is 24.0. The number of rotatable bonds is 24. The summed E-state index contributed by atoms with van der Waals surface area (Å²) in [6.45, 7) is 6.07. The lowest BCUT2D eigenvalue weighted by atomic mass is 10.1. The Labute approximate surface area is 178 Å². The highest BCUT2D eigenvalue weighted by atomic mass is 16.5. The second kappa shape index (κ2) is 25.0. The lowest BCUT2D eigenvalue weighted by Crippen LogP contribution is -2.18. The van der Waals surface area contributed by atoms with E-state index in [2.05, 4.69) is 13.8 Å². The minimum absolute atomic E-state index is 0.758. The van der Waals surface area contributed by atoms with Crippen LogP contribution in [0.2, 0.25) is 0 Å². The molecule has 0 unspecified atom stereocenters. The van der Waals surface area contributed by atoms with Crippen LogP contribution in [0.15, 0.2) is 0 Å². The first-order chi connectivity index (χ1) is 13.8. The second-order valence-electron chi connectivity index (χ2n) is 9.00. The molecule has 0 bridgehead atoms. The Kier molecular flexibility index (Phi) is 24.9. The molecule has 0 aliphatic carbocycles. The third-order valence-corrected chi connectivity index (χ3v) is 6.02. The molecule has 28 heavy (non-hydrogen) atoms. The van der Waals surface area contributed by atoms with Crippen molar-refractivity contribution in [2.24, 2.45) is 0 Å². The highest BCUT2D eigenvalue weighted by molar-refractivity contribution is 4.59. The van der Waals surface area contributed by atoms with E-state index in [0.29, 0.717) is 0 Å². The molecule has 0 aromatic rings. The Morgan fingerprint density at radius 3 is 0.821 bits per heavy atom. The van der Waals surface area contributed by atoms with Crippen LogP contribution in [0.25, 0.3) is 0 Å². The maximum atomic E-state index is 11.9. The molecule has 0 rings (SSSR count). The molecule has 2 nitrogen and oxygen atoms in total. The maximum absolute atomic E-state index is 11.9. The zero-order valence-electron chi connectivity index (χ0n) is 19.8. The summed E-state index contributed by atoms with van der Waals surface area (Å²) < 4.78 is 0. The minimum atomic E-state index is 0.758. The third-order valence-electron chi connectivity index (χ3n) is 6.02. The summed E-state index contributed by atoms with van der Waals surface area (Å²) in [4.78, 5) is 0. The molecule has 0 heterocycles. The molecule has 0 N–H and O–H groups in total. The smallest absolute Gasteiger partial charge is 0.0145 e. The number of nitrogens with zero attached hydrogens (tertiary/aromatic N) is 1. The summed E-state index contributed by atoms with van der Waals surface area (Å²) in [7, 11) is 0. The van der Waals surface area contributed by atoms with Crippen molar-refractivity contribution in [1.29, 1.82) is 0 Å². The molecule has 0 aliphatic rings. The average molecular weight is 397 g/mol. The van der Waals surface area contributed by atoms with Gasteiger partial charge in [-0.15, -0.1) is 0 Å². The largest absolute Gasteiger partial charge is 0.785 e. The van der Waals surface area contributed by atoms with Crippen LogP contribution in [0.4, 0.5) is 0 Å². The summed E-state index contributed by atoms with van der Waals surface area (Å²) in [6, 6.07) is 0. The molecule has 0 atom stereocenters. The first-order valence-corrected chi connectivity index (χ1v) is 13.2. The van der Waals surface area contributed by atoms with Gasteiger partial charge >= 0.3 is 0 Å². The van der Waals surface area contributed by atoms with E-state index >= 15 is 0 Å². The average Bonchev–Trinajstić information content (AvgIpc) is 2.70. The highest BCUT2D eigenvalue weighted by Gasteiger charge is 1.96. The van der Waals surface area contributed by atoms with Crippen LogP contribution >= 0.6 is 0 Å². The van der Waals surface area contributed by atoms with Crippen molar-refractivity contribution in [1.82, 2.24) is 5.06 Å². The van der Waals surface area contributed by atoms with Crippen molar-refractivity contribution in [2.75, 3.05) is 13.1 Å². The lowest BCUT2D eigenvalue weighted by Gasteiger charge is -2.28. The summed E-state index contributed by atoms with van der Waals surface area (Å²) >= 11 is 0. The standard InChI is InChI=1S/C26H54NO/c1-3-5-7-9-11-13-15-16-18-20-22-24-26-27(28)25-23-21-19-17-14-12-10-8-6-4-2/h3-26H2,1-2H3/q-1. The molecule has 170 valence electrons. The Hall–Kier alpha value is -0.0800. The fourth-order valence-corrected chi connectivity index (χ4v) is 4.02. The van der Waals surface area contributed by atoms with Crippen LogP contribution < -0.4 is 0 Å². The zero-order valence-corrected chi connectivity index (χ0v) is 19.8. The van der Waals surface area contributed by atoms with Crippen LogP contribution in [0.3, 0.4) is 0 Å². The van der Waals surface area contributed by atoms with E-state index in [4.69, 9.17) is 0 Å². The van der Waals surface area contributed by atoms with Gasteiger partial charge in [0, 0.05) is 0 Å². The van der Waals surface area contributed by atoms with Crippen molar-refractivity contribution in [2.45, 2.75) is 155 Å². The molecule has 0 aliphatic heterocycles. The fourth-order valence-electron chi connectivity index (χ4n) is 4.02. The predicted molar refractivity (Wildman–Crippen MR) is 128 cm³/mol. The molecular weight excluding hydrogens is 342 g/mol. The molecule has 0 aromatic heterocycles. The van der Waals surface area contributed by atoms with Gasteiger partial charge in [0.25, 0.3) is 0 Å². The van der Waals surface area contributed by atoms with Gasteiger partial charge in [-0.25, -0.2) is 0 Å². The topological polar surface area (TPSA) is 26.3 Å². The molecule has 0 fully saturated rings. The van der Waals surface area contributed by atoms with Gasteiger partial charge in [-0.3, -0.25) is 0 Å². The molecule has 0 saturated carbocycles. The highest BCUT2D eigenvalue weighted by Crippen LogP contribution is 2.13. The van der Waals surface area contributed by atoms with Gasteiger partial charge in [-0.2, -0.15) is 0 Å². The van der Waals surface area contributed by atoms with Crippen molar-refractivity contribution >= 4 is 0 Å². The fraction of sp³-hybridized carbons (Fsp3) is 1.00. The van der Waals surface area contributed by atoms with Gasteiger partial charge < -0.3 is 10.3 Å². The molecule has 0 radical (unpaired) electrons. The van der Waals surface area contributed by atoms with Crippen molar-refractivity contribution < 1.29 is 0 Å². The SMILES string of the molecule is CCCCCCCCCCCCCCN([O-])CCCCCCCCCCCC. The van der Waals surface area contributed by atoms with Crippen molar-refractivity contribution in [3.8, 4) is 0 Å². The Morgan fingerprint density at radius 1 is 0.357 bits per heavy atom. The summed E-state index contributed by atoms with van der Waals surface area (Å²) in [5.74, 6) is 0. The summed E-state index contributed by atoms with van der Waals surface area (Å²) in [6.07, 6.45) is 29.7. The van der Waals surface area contributed by atoms with Gasteiger partial charge in [0.2, 0.25) is 0 Å². The second-order valence-corrected chi connectivity index (χ2v) is 9.00. The number of hydroxylamine groups is 2. The molecule has 0 saturated heterocycles. The Balaban J connectivity index is 3.12. The van der Waals surface area contributed by atoms with E-state index in [-0.39, 0.29) is 0 Å². The Morgan fingerprint density at radius 2 is 0.571 bits per heavy atom. The monoisotopic (exact) mass is 396 g/mol. The van der Waals surface area contributed by atoms with Crippen LogP contribution in [0, 0.1) is 5.21 Å². The number of unbranched alkanes of at least 4 members (excludes halogenated alkanes) is 20. The van der Waals surface area contributed by atoms with Crippen molar-refractivity contribution in [3.05, 3.63) is 5.21 Å². The number of hydrogen-bond acceptors (Lipinski definition) is 2. The predicted octanol–water partition coefficient (Wildman–Crippen LogP) is 9.41. The van der Waals surface area contributed by atoms with Gasteiger partial charge in [-0.05, 0) is 25.9 Å². The van der Waals surface area contributed by atoms with Crippen LogP contribution in [-0.2, 0) is 0 Å². The molecule has 2 heteroatoms. The maximum Gasteiger partial charge on any atom is -0.0145 e. The van der Waals surface area contributed by atoms with E-state index in [9.17, 15) is 5.21 Å². The van der Waals surface area contributed by atoms with Gasteiger partial charge in [-0.1, -0.05) is 142 Å². The molecule has 0 spiro atoms. The van der Waals surface area contributed by atoms with E-state index in [1.54, 1.807) is 0 Å². The van der Waals surface area contributed by atoms with Gasteiger partial charge in [0.15, 0.2) is 0 Å². The first-order valence-electron chi connectivity index (χ1n) is 13.2. The summed E-state index contributed by atoms with van der Waals surface area (Å²) in [5.41, 5.74) is 0. The lowest BCUT2D eigenvalue weighted by molar-refractivity contribution is 0.350. The van der Waals surface area contributed by atoms with E-state index in [1.807, 2.05) is 0 Å². The Bertz CT molecular complexity index is 269. The quantitative estimate of drug-likeness (QED) is 0.120. The zero-order chi connectivity index (χ0) is 20.5. The van der Waals surface area contributed by atoms with Crippen LogP contribution in [-0.4, -0.2) is 18.2 Å². The van der Waals surface area contributed by atoms with Crippen LogP contribution in [0.1, 0.15) is 155 Å². The number of hydrogen-bond donors (Lipinski definition) is 0. The van der Waals surface area contributed by atoms with Crippen LogP contribution in [0.5, 0.6) is 0 Å². The van der Waals surface area contributed by atoms with E-state index < -0.39 is 0 Å². The summed E-state index contributed by atoms with van der Waals surface area (Å²) in [5, 5.41) is 13.2. The molecule has 0 aromatic carbocycles. The first kappa shape index (κ1) is 27.9. The molecule has 0 amide bonds.